The van der Waals surface area contributed by atoms with Gasteiger partial charge in [-0.15, -0.1) is 0 Å². The first-order valence-corrected chi connectivity index (χ1v) is 8.04. The number of hydrogen-bond acceptors (Lipinski definition) is 5. The van der Waals surface area contributed by atoms with E-state index in [0.29, 0.717) is 18.7 Å². The highest BCUT2D eigenvalue weighted by Crippen LogP contribution is 2.25. The zero-order valence-electron chi connectivity index (χ0n) is 14.1. The molecule has 2 atom stereocenters. The van der Waals surface area contributed by atoms with E-state index in [9.17, 15) is 9.59 Å². The molecule has 2 aromatic rings. The van der Waals surface area contributed by atoms with Crippen LogP contribution in [0.4, 0.5) is 0 Å². The van der Waals surface area contributed by atoms with Crippen LogP contribution in [0.2, 0.25) is 0 Å². The van der Waals surface area contributed by atoms with Crippen LogP contribution in [0.15, 0.2) is 28.7 Å². The summed E-state index contributed by atoms with van der Waals surface area (Å²) in [5.41, 5.74) is 1.35. The molecule has 1 aliphatic heterocycles. The summed E-state index contributed by atoms with van der Waals surface area (Å²) < 4.78 is 16.3. The van der Waals surface area contributed by atoms with Gasteiger partial charge in [0.05, 0.1) is 12.2 Å². The zero-order valence-corrected chi connectivity index (χ0v) is 14.1. The molecule has 6 heteroatoms. The van der Waals surface area contributed by atoms with E-state index < -0.39 is 5.97 Å². The number of amides is 1. The van der Waals surface area contributed by atoms with Gasteiger partial charge in [-0.05, 0) is 26.8 Å². The first-order chi connectivity index (χ1) is 11.5. The van der Waals surface area contributed by atoms with Crippen molar-refractivity contribution in [1.82, 2.24) is 4.90 Å². The largest absolute Gasteiger partial charge is 0.450 e. The molecule has 0 saturated carbocycles. The van der Waals surface area contributed by atoms with Gasteiger partial charge in [-0.1, -0.05) is 18.2 Å². The van der Waals surface area contributed by atoms with Gasteiger partial charge in [0.15, 0.2) is 6.61 Å². The fourth-order valence-corrected chi connectivity index (χ4v) is 3.03. The van der Waals surface area contributed by atoms with Gasteiger partial charge in [-0.2, -0.15) is 0 Å². The third-order valence-corrected chi connectivity index (χ3v) is 4.13. The Bertz CT molecular complexity index is 756. The molecule has 1 saturated heterocycles. The first kappa shape index (κ1) is 16.5. The number of morpholine rings is 1. The summed E-state index contributed by atoms with van der Waals surface area (Å²) in [4.78, 5) is 26.1. The molecule has 0 bridgehead atoms. The van der Waals surface area contributed by atoms with Crippen molar-refractivity contribution in [2.75, 3.05) is 19.7 Å². The van der Waals surface area contributed by atoms with Crippen molar-refractivity contribution in [3.8, 4) is 0 Å². The number of ether oxygens (including phenoxy) is 2. The smallest absolute Gasteiger partial charge is 0.375 e. The van der Waals surface area contributed by atoms with Gasteiger partial charge in [-0.3, -0.25) is 4.79 Å². The van der Waals surface area contributed by atoms with Crippen molar-refractivity contribution in [1.29, 1.82) is 0 Å². The molecule has 128 valence electrons. The molecule has 0 spiro atoms. The number of fused-ring (bicyclic) bond motifs is 1. The van der Waals surface area contributed by atoms with Gasteiger partial charge in [-0.25, -0.2) is 4.79 Å². The number of carbonyl (C=O) groups excluding carboxylic acids is 2. The molecule has 0 N–H and O–H groups in total. The van der Waals surface area contributed by atoms with E-state index in [4.69, 9.17) is 13.9 Å². The highest BCUT2D eigenvalue weighted by atomic mass is 16.5. The highest BCUT2D eigenvalue weighted by molar-refractivity contribution is 5.96. The predicted molar refractivity (Wildman–Crippen MR) is 87.8 cm³/mol. The lowest BCUT2D eigenvalue weighted by molar-refractivity contribution is -0.146. The number of furan rings is 1. The van der Waals surface area contributed by atoms with Gasteiger partial charge in [0.1, 0.15) is 5.58 Å². The van der Waals surface area contributed by atoms with E-state index in [2.05, 4.69) is 0 Å². The summed E-state index contributed by atoms with van der Waals surface area (Å²) in [6.07, 6.45) is -0.0444. The van der Waals surface area contributed by atoms with Gasteiger partial charge in [0.2, 0.25) is 5.76 Å². The van der Waals surface area contributed by atoms with Crippen LogP contribution in [0, 0.1) is 6.92 Å². The Morgan fingerprint density at radius 1 is 1.21 bits per heavy atom. The molecule has 0 aliphatic carbocycles. The average Bonchev–Trinajstić information content (AvgIpc) is 2.89. The Hall–Kier alpha value is -2.34. The third kappa shape index (κ3) is 3.28. The minimum absolute atomic E-state index is 0.0222. The van der Waals surface area contributed by atoms with Crippen molar-refractivity contribution >= 4 is 22.8 Å². The van der Waals surface area contributed by atoms with E-state index >= 15 is 0 Å². The van der Waals surface area contributed by atoms with Gasteiger partial charge in [0.25, 0.3) is 5.91 Å². The first-order valence-electron chi connectivity index (χ1n) is 8.04. The molecule has 1 aromatic carbocycles. The standard InChI is InChI=1S/C18H21NO5/c1-11-8-19(9-12(2)23-11)16(20)10-22-18(21)17-13(3)14-6-4-5-7-15(14)24-17/h4-7,11-12H,8-10H2,1-3H3/t11-,12+. The molecular formula is C18H21NO5. The lowest BCUT2D eigenvalue weighted by Crippen LogP contribution is -2.49. The van der Waals surface area contributed by atoms with Crippen molar-refractivity contribution in [2.45, 2.75) is 33.0 Å². The van der Waals surface area contributed by atoms with E-state index in [1.165, 1.54) is 0 Å². The van der Waals surface area contributed by atoms with Crippen LogP contribution in [-0.2, 0) is 14.3 Å². The highest BCUT2D eigenvalue weighted by Gasteiger charge is 2.27. The van der Waals surface area contributed by atoms with Gasteiger partial charge in [0, 0.05) is 24.0 Å². The Labute approximate surface area is 140 Å². The quantitative estimate of drug-likeness (QED) is 0.809. The number of hydrogen-bond donors (Lipinski definition) is 0. The molecule has 0 unspecified atom stereocenters. The zero-order chi connectivity index (χ0) is 17.3. The maximum atomic E-state index is 12.2. The Balaban J connectivity index is 1.64. The molecule has 24 heavy (non-hydrogen) atoms. The molecular weight excluding hydrogens is 310 g/mol. The number of aryl methyl sites for hydroxylation is 1. The van der Waals surface area contributed by atoms with E-state index in [0.717, 1.165) is 10.9 Å². The van der Waals surface area contributed by atoms with Gasteiger partial charge < -0.3 is 18.8 Å². The van der Waals surface area contributed by atoms with Crippen LogP contribution < -0.4 is 0 Å². The van der Waals surface area contributed by atoms with E-state index in [1.54, 1.807) is 17.9 Å². The Morgan fingerprint density at radius 3 is 2.54 bits per heavy atom. The number of nitrogens with zero attached hydrogens (tertiary/aromatic N) is 1. The normalized spacial score (nSPS) is 21.0. The number of carbonyl (C=O) groups is 2. The monoisotopic (exact) mass is 331 g/mol. The maximum absolute atomic E-state index is 12.2. The minimum atomic E-state index is -0.619. The van der Waals surface area contributed by atoms with Crippen molar-refractivity contribution in [3.63, 3.8) is 0 Å². The lowest BCUT2D eigenvalue weighted by Gasteiger charge is -2.35. The second-order valence-electron chi connectivity index (χ2n) is 6.18. The summed E-state index contributed by atoms with van der Waals surface area (Å²) >= 11 is 0. The van der Waals surface area contributed by atoms with E-state index in [-0.39, 0.29) is 30.5 Å². The molecule has 0 radical (unpaired) electrons. The van der Waals surface area contributed by atoms with Crippen molar-refractivity contribution in [2.24, 2.45) is 0 Å². The summed E-state index contributed by atoms with van der Waals surface area (Å²) in [5, 5.41) is 0.867. The number of benzene rings is 1. The van der Waals surface area contributed by atoms with Crippen LogP contribution in [0.5, 0.6) is 0 Å². The molecule has 1 amide bonds. The SMILES string of the molecule is Cc1c(C(=O)OCC(=O)N2C[C@@H](C)O[C@@H](C)C2)oc2ccccc12. The molecule has 1 aromatic heterocycles. The lowest BCUT2D eigenvalue weighted by atomic mass is 10.1. The Kier molecular flexibility index (Phi) is 4.57. The molecule has 2 heterocycles. The fraction of sp³-hybridized carbons (Fsp3) is 0.444. The second kappa shape index (κ2) is 6.65. The van der Waals surface area contributed by atoms with Crippen LogP contribution >= 0.6 is 0 Å². The van der Waals surface area contributed by atoms with Crippen molar-refractivity contribution < 1.29 is 23.5 Å². The summed E-state index contributed by atoms with van der Waals surface area (Å²) in [7, 11) is 0. The topological polar surface area (TPSA) is 69.0 Å². The number of rotatable bonds is 3. The van der Waals surface area contributed by atoms with Crippen LogP contribution in [0.3, 0.4) is 0 Å². The summed E-state index contributed by atoms with van der Waals surface area (Å²) in [5.74, 6) is -0.696. The van der Waals surface area contributed by atoms with Crippen LogP contribution in [-0.4, -0.2) is 48.7 Å². The number of esters is 1. The molecule has 6 nitrogen and oxygen atoms in total. The van der Waals surface area contributed by atoms with Crippen molar-refractivity contribution in [3.05, 3.63) is 35.6 Å². The molecule has 1 fully saturated rings. The average molecular weight is 331 g/mol. The summed E-state index contributed by atoms with van der Waals surface area (Å²) in [6.45, 7) is 6.35. The molecule has 1 aliphatic rings. The van der Waals surface area contributed by atoms with Crippen LogP contribution in [0.25, 0.3) is 11.0 Å². The summed E-state index contributed by atoms with van der Waals surface area (Å²) in [6, 6.07) is 7.39. The third-order valence-electron chi connectivity index (χ3n) is 4.13. The maximum Gasteiger partial charge on any atom is 0.375 e. The fourth-order valence-electron chi connectivity index (χ4n) is 3.03. The Morgan fingerprint density at radius 2 is 1.88 bits per heavy atom. The molecule has 3 rings (SSSR count). The van der Waals surface area contributed by atoms with E-state index in [1.807, 2.05) is 32.0 Å². The predicted octanol–water partition coefficient (Wildman–Crippen LogP) is 2.53. The minimum Gasteiger partial charge on any atom is -0.450 e. The number of para-hydroxylation sites is 1. The second-order valence-corrected chi connectivity index (χ2v) is 6.18. The van der Waals surface area contributed by atoms with Gasteiger partial charge >= 0.3 is 5.97 Å². The van der Waals surface area contributed by atoms with Crippen LogP contribution in [0.1, 0.15) is 30.0 Å².